The van der Waals surface area contributed by atoms with Crippen LogP contribution in [0.5, 0.6) is 0 Å². The Balaban J connectivity index is 1.39. The molecule has 1 saturated heterocycles. The van der Waals surface area contributed by atoms with Crippen LogP contribution in [0.2, 0.25) is 5.02 Å². The highest BCUT2D eigenvalue weighted by atomic mass is 35.5. The van der Waals surface area contributed by atoms with Crippen molar-refractivity contribution in [3.8, 4) is 0 Å². The molecule has 1 fully saturated rings. The zero-order valence-electron chi connectivity index (χ0n) is 18.9. The zero-order valence-corrected chi connectivity index (χ0v) is 19.7. The van der Waals surface area contributed by atoms with Gasteiger partial charge in [0.2, 0.25) is 23.8 Å². The summed E-state index contributed by atoms with van der Waals surface area (Å²) in [4.78, 5) is 26.1. The van der Waals surface area contributed by atoms with Crippen molar-refractivity contribution in [2.75, 3.05) is 22.5 Å². The number of carbonyl (C=O) groups excluding carboxylic acids is 1. The van der Waals surface area contributed by atoms with Gasteiger partial charge in [0.25, 0.3) is 0 Å². The van der Waals surface area contributed by atoms with Gasteiger partial charge in [0.1, 0.15) is 6.04 Å². The van der Waals surface area contributed by atoms with Crippen molar-refractivity contribution in [3.63, 3.8) is 0 Å². The number of hydrogen-bond donors (Lipinski definition) is 4. The number of rotatable bonds is 7. The second kappa shape index (κ2) is 10.3. The highest BCUT2D eigenvalue weighted by Crippen LogP contribution is 2.26. The number of fused-ring (bicyclic) bond motifs is 1. The van der Waals surface area contributed by atoms with E-state index in [0.29, 0.717) is 36.0 Å². The van der Waals surface area contributed by atoms with Gasteiger partial charge >= 0.3 is 0 Å². The lowest BCUT2D eigenvalue weighted by Crippen LogP contribution is -2.38. The summed E-state index contributed by atoms with van der Waals surface area (Å²) in [5.74, 6) is 1.13. The van der Waals surface area contributed by atoms with Gasteiger partial charge in [0, 0.05) is 23.8 Å². The minimum atomic E-state index is -0.380. The second-order valence-corrected chi connectivity index (χ2v) is 9.10. The van der Waals surface area contributed by atoms with Crippen molar-refractivity contribution < 1.29 is 4.79 Å². The van der Waals surface area contributed by atoms with E-state index in [0.717, 1.165) is 43.4 Å². The molecule has 0 spiro atoms. The van der Waals surface area contributed by atoms with E-state index >= 15 is 0 Å². The van der Waals surface area contributed by atoms with E-state index in [2.05, 4.69) is 54.4 Å². The van der Waals surface area contributed by atoms with Crippen LogP contribution in [-0.4, -0.2) is 33.4 Å². The first-order valence-electron chi connectivity index (χ1n) is 11.8. The monoisotopic (exact) mass is 477 g/mol. The van der Waals surface area contributed by atoms with E-state index in [9.17, 15) is 4.79 Å². The number of aromatic nitrogens is 3. The Labute approximate surface area is 204 Å². The van der Waals surface area contributed by atoms with Crippen LogP contribution in [0.1, 0.15) is 42.4 Å². The summed E-state index contributed by atoms with van der Waals surface area (Å²) in [6.45, 7) is 1.16. The van der Waals surface area contributed by atoms with E-state index in [-0.39, 0.29) is 11.9 Å². The fourth-order valence-corrected chi connectivity index (χ4v) is 4.61. The molecule has 0 radical (unpaired) electrons. The fraction of sp³-hybridized carbons (Fsp3) is 0.360. The van der Waals surface area contributed by atoms with Gasteiger partial charge in [-0.05, 0) is 73.4 Å². The van der Waals surface area contributed by atoms with Gasteiger partial charge in [-0.25, -0.2) is 0 Å². The van der Waals surface area contributed by atoms with Gasteiger partial charge in [-0.15, -0.1) is 0 Å². The largest absolute Gasteiger partial charge is 0.354 e. The number of hydrogen-bond acceptors (Lipinski definition) is 7. The molecule has 176 valence electrons. The first-order valence-corrected chi connectivity index (χ1v) is 12.2. The molecule has 1 aromatic heterocycles. The highest BCUT2D eigenvalue weighted by molar-refractivity contribution is 6.31. The molecule has 4 N–H and O–H groups in total. The number of anilines is 4. The molecule has 9 heteroatoms. The Kier molecular flexibility index (Phi) is 6.76. The van der Waals surface area contributed by atoms with Gasteiger partial charge in [0.05, 0.1) is 0 Å². The molecule has 1 unspecified atom stereocenters. The van der Waals surface area contributed by atoms with E-state index in [1.54, 1.807) is 0 Å². The van der Waals surface area contributed by atoms with Crippen molar-refractivity contribution in [3.05, 3.63) is 64.2 Å². The summed E-state index contributed by atoms with van der Waals surface area (Å²) in [7, 11) is 0. The zero-order chi connectivity index (χ0) is 23.3. The Bertz CT molecular complexity index is 1190. The van der Waals surface area contributed by atoms with Gasteiger partial charge in [0.15, 0.2) is 0 Å². The summed E-state index contributed by atoms with van der Waals surface area (Å²) in [5, 5.41) is 13.4. The molecule has 1 atom stereocenters. The third-order valence-corrected chi connectivity index (χ3v) is 6.59. The molecule has 0 saturated carbocycles. The number of nitrogens with one attached hydrogen (secondary N) is 4. The Morgan fingerprint density at radius 1 is 0.941 bits per heavy atom. The van der Waals surface area contributed by atoms with Crippen LogP contribution in [-0.2, 0) is 24.2 Å². The Morgan fingerprint density at radius 2 is 1.76 bits per heavy atom. The maximum Gasteiger partial charge on any atom is 0.242 e. The van der Waals surface area contributed by atoms with Gasteiger partial charge in [-0.2, -0.15) is 15.0 Å². The summed E-state index contributed by atoms with van der Waals surface area (Å²) in [5.41, 5.74) is 4.65. The number of benzene rings is 2. The third kappa shape index (κ3) is 5.39. The van der Waals surface area contributed by atoms with E-state index in [1.807, 2.05) is 24.3 Å². The number of nitrogens with zero attached hydrogens (tertiary/aromatic N) is 3. The third-order valence-electron chi connectivity index (χ3n) is 6.22. The van der Waals surface area contributed by atoms with Crippen LogP contribution in [0.25, 0.3) is 0 Å². The van der Waals surface area contributed by atoms with Gasteiger partial charge < -0.3 is 21.3 Å². The van der Waals surface area contributed by atoms with Crippen molar-refractivity contribution in [1.82, 2.24) is 20.3 Å². The molecule has 5 rings (SSSR count). The minimum absolute atomic E-state index is 0.0309. The van der Waals surface area contributed by atoms with Gasteiger partial charge in [-0.1, -0.05) is 35.9 Å². The maximum absolute atomic E-state index is 12.4. The predicted octanol–water partition coefficient (Wildman–Crippen LogP) is 4.45. The molecule has 2 aliphatic rings. The SMILES string of the molecule is O=C1NCCCCC1Nc1nc(NCc2ccccc2Cl)nc(Nc2ccc3c(c2)CCC3)n1. The smallest absolute Gasteiger partial charge is 0.242 e. The van der Waals surface area contributed by atoms with Crippen LogP contribution >= 0.6 is 11.6 Å². The molecule has 2 aromatic carbocycles. The molecular formula is C25H28ClN7O. The average molecular weight is 478 g/mol. The van der Waals surface area contributed by atoms with E-state index in [4.69, 9.17) is 11.6 Å². The van der Waals surface area contributed by atoms with Crippen LogP contribution in [0.3, 0.4) is 0 Å². The molecule has 8 nitrogen and oxygen atoms in total. The topological polar surface area (TPSA) is 104 Å². The van der Waals surface area contributed by atoms with E-state index < -0.39 is 0 Å². The lowest BCUT2D eigenvalue weighted by atomic mass is 10.1. The molecule has 1 aliphatic heterocycles. The lowest BCUT2D eigenvalue weighted by molar-refractivity contribution is -0.121. The number of halogens is 1. The normalized spacial score (nSPS) is 17.4. The van der Waals surface area contributed by atoms with Gasteiger partial charge in [-0.3, -0.25) is 4.79 Å². The second-order valence-electron chi connectivity index (χ2n) is 8.70. The molecule has 1 aliphatic carbocycles. The van der Waals surface area contributed by atoms with Crippen molar-refractivity contribution >= 4 is 41.0 Å². The van der Waals surface area contributed by atoms with Crippen molar-refractivity contribution in [2.45, 2.75) is 51.1 Å². The molecule has 34 heavy (non-hydrogen) atoms. The number of carbonyl (C=O) groups is 1. The molecule has 0 bridgehead atoms. The summed E-state index contributed by atoms with van der Waals surface area (Å²) in [6, 6.07) is 13.6. The average Bonchev–Trinajstić information content (AvgIpc) is 3.21. The van der Waals surface area contributed by atoms with Crippen LogP contribution < -0.4 is 21.3 Å². The summed E-state index contributed by atoms with van der Waals surface area (Å²) in [6.07, 6.45) is 6.08. The Morgan fingerprint density at radius 3 is 2.68 bits per heavy atom. The highest BCUT2D eigenvalue weighted by Gasteiger charge is 2.22. The lowest BCUT2D eigenvalue weighted by Gasteiger charge is -2.17. The molecule has 1 amide bonds. The van der Waals surface area contributed by atoms with Crippen LogP contribution in [0, 0.1) is 0 Å². The summed E-state index contributed by atoms with van der Waals surface area (Å²) < 4.78 is 0. The van der Waals surface area contributed by atoms with Crippen molar-refractivity contribution in [2.24, 2.45) is 0 Å². The molecular weight excluding hydrogens is 450 g/mol. The number of aryl methyl sites for hydroxylation is 2. The number of amides is 1. The first-order chi connectivity index (χ1) is 16.6. The standard InChI is InChI=1S/C25H28ClN7O/c26-20-9-2-1-6-18(20)15-28-23-31-24(29-19-12-11-16-7-5-8-17(16)14-19)33-25(32-23)30-21-10-3-4-13-27-22(21)34/h1-2,6,9,11-12,14,21H,3-5,7-8,10,13,15H2,(H,27,34)(H3,28,29,30,31,32,33). The van der Waals surface area contributed by atoms with Crippen molar-refractivity contribution in [1.29, 1.82) is 0 Å². The van der Waals surface area contributed by atoms with Crippen LogP contribution in [0.4, 0.5) is 23.5 Å². The maximum atomic E-state index is 12.4. The fourth-order valence-electron chi connectivity index (χ4n) is 4.40. The molecule has 2 heterocycles. The van der Waals surface area contributed by atoms with E-state index in [1.165, 1.54) is 17.5 Å². The first kappa shape index (κ1) is 22.4. The summed E-state index contributed by atoms with van der Waals surface area (Å²) >= 11 is 6.30. The quantitative estimate of drug-likeness (QED) is 0.398. The minimum Gasteiger partial charge on any atom is -0.354 e. The predicted molar refractivity (Wildman–Crippen MR) is 135 cm³/mol. The Hall–Kier alpha value is -3.39. The van der Waals surface area contributed by atoms with Crippen LogP contribution in [0.15, 0.2) is 42.5 Å². The molecule has 3 aromatic rings.